The zero-order valence-electron chi connectivity index (χ0n) is 11.2. The van der Waals surface area contributed by atoms with Gasteiger partial charge in [0.05, 0.1) is 6.61 Å². The number of carbonyl (C=O) groups is 1. The van der Waals surface area contributed by atoms with Crippen molar-refractivity contribution in [2.24, 2.45) is 5.73 Å². The van der Waals surface area contributed by atoms with Crippen LogP contribution < -0.4 is 5.73 Å². The highest BCUT2D eigenvalue weighted by Crippen LogP contribution is 2.11. The van der Waals surface area contributed by atoms with Gasteiger partial charge in [0.1, 0.15) is 18.4 Å². The van der Waals surface area contributed by atoms with E-state index in [0.717, 1.165) is 12.0 Å². The van der Waals surface area contributed by atoms with Crippen LogP contribution in [0, 0.1) is 0 Å². The predicted molar refractivity (Wildman–Crippen MR) is 71.9 cm³/mol. The topological polar surface area (TPSA) is 81.8 Å². The van der Waals surface area contributed by atoms with Crippen LogP contribution in [0.15, 0.2) is 24.3 Å². The molecule has 3 N–H and O–H groups in total. The number of hydrogen-bond acceptors (Lipinski definition) is 5. The first-order valence-electron chi connectivity index (χ1n) is 6.41. The third kappa shape index (κ3) is 6.22. The molecule has 0 bridgehead atoms. The summed E-state index contributed by atoms with van der Waals surface area (Å²) in [6.45, 7) is 3.30. The molecule has 1 unspecified atom stereocenters. The number of carbonyl (C=O) groups excluding carboxylic acids is 1. The van der Waals surface area contributed by atoms with Crippen LogP contribution in [0.5, 0.6) is 5.75 Å². The van der Waals surface area contributed by atoms with Gasteiger partial charge >= 0.3 is 5.97 Å². The average molecular weight is 267 g/mol. The van der Waals surface area contributed by atoms with Crippen molar-refractivity contribution in [3.8, 4) is 5.75 Å². The van der Waals surface area contributed by atoms with Gasteiger partial charge in [-0.1, -0.05) is 19.1 Å². The van der Waals surface area contributed by atoms with Crippen LogP contribution in [0.25, 0.3) is 0 Å². The zero-order valence-corrected chi connectivity index (χ0v) is 11.2. The van der Waals surface area contributed by atoms with Crippen molar-refractivity contribution >= 4 is 5.97 Å². The molecule has 1 atom stereocenters. The summed E-state index contributed by atoms with van der Waals surface area (Å²) in [6, 6.07) is 5.88. The van der Waals surface area contributed by atoms with Crippen molar-refractivity contribution in [2.75, 3.05) is 19.8 Å². The molecule has 0 aliphatic heterocycles. The SMILES string of the molecule is CCCOCCOC(=O)C(N)Cc1ccc(O)cc1. The van der Waals surface area contributed by atoms with Crippen molar-refractivity contribution in [1.29, 1.82) is 0 Å². The Morgan fingerprint density at radius 1 is 1.26 bits per heavy atom. The number of hydrogen-bond donors (Lipinski definition) is 2. The number of aromatic hydroxyl groups is 1. The Morgan fingerprint density at radius 3 is 2.58 bits per heavy atom. The smallest absolute Gasteiger partial charge is 0.323 e. The van der Waals surface area contributed by atoms with Crippen molar-refractivity contribution < 1.29 is 19.4 Å². The van der Waals surface area contributed by atoms with Crippen LogP contribution in [-0.2, 0) is 20.7 Å². The number of benzene rings is 1. The molecule has 0 spiro atoms. The molecule has 0 saturated heterocycles. The minimum absolute atomic E-state index is 0.188. The van der Waals surface area contributed by atoms with Crippen LogP contribution in [0.1, 0.15) is 18.9 Å². The lowest BCUT2D eigenvalue weighted by atomic mass is 10.1. The third-order valence-corrected chi connectivity index (χ3v) is 2.52. The van der Waals surface area contributed by atoms with Crippen LogP contribution >= 0.6 is 0 Å². The summed E-state index contributed by atoms with van der Waals surface area (Å²) in [5, 5.41) is 9.15. The summed E-state index contributed by atoms with van der Waals surface area (Å²) in [5.41, 5.74) is 6.63. The van der Waals surface area contributed by atoms with E-state index in [9.17, 15) is 4.79 Å². The first-order chi connectivity index (χ1) is 9.13. The minimum Gasteiger partial charge on any atom is -0.508 e. The summed E-state index contributed by atoms with van der Waals surface area (Å²) in [7, 11) is 0. The quantitative estimate of drug-likeness (QED) is 0.547. The Morgan fingerprint density at radius 2 is 1.95 bits per heavy atom. The van der Waals surface area contributed by atoms with Crippen molar-refractivity contribution in [3.05, 3.63) is 29.8 Å². The van der Waals surface area contributed by atoms with E-state index in [1.807, 2.05) is 6.92 Å². The number of rotatable bonds is 8. The van der Waals surface area contributed by atoms with E-state index in [0.29, 0.717) is 19.6 Å². The van der Waals surface area contributed by atoms with E-state index >= 15 is 0 Å². The second-order valence-electron chi connectivity index (χ2n) is 4.26. The van der Waals surface area contributed by atoms with Crippen LogP contribution in [0.2, 0.25) is 0 Å². The van der Waals surface area contributed by atoms with E-state index in [1.54, 1.807) is 24.3 Å². The van der Waals surface area contributed by atoms with Gasteiger partial charge in [0.2, 0.25) is 0 Å². The van der Waals surface area contributed by atoms with Gasteiger partial charge in [-0.2, -0.15) is 0 Å². The number of phenolic OH excluding ortho intramolecular Hbond substituents is 1. The minimum atomic E-state index is -0.698. The van der Waals surface area contributed by atoms with Crippen LogP contribution in [0.4, 0.5) is 0 Å². The molecule has 5 nitrogen and oxygen atoms in total. The lowest BCUT2D eigenvalue weighted by Gasteiger charge is -2.11. The summed E-state index contributed by atoms with van der Waals surface area (Å²) < 4.78 is 10.2. The fourth-order valence-corrected chi connectivity index (χ4v) is 1.52. The summed E-state index contributed by atoms with van der Waals surface area (Å²) >= 11 is 0. The molecule has 0 fully saturated rings. The highest BCUT2D eigenvalue weighted by atomic mass is 16.6. The Bertz CT molecular complexity index is 378. The maximum Gasteiger partial charge on any atom is 0.323 e. The number of ether oxygens (including phenoxy) is 2. The first kappa shape index (κ1) is 15.5. The molecule has 0 heterocycles. The summed E-state index contributed by atoms with van der Waals surface area (Å²) in [6.07, 6.45) is 1.32. The normalized spacial score (nSPS) is 12.1. The Hall–Kier alpha value is -1.59. The predicted octanol–water partition coefficient (Wildman–Crippen LogP) is 1.23. The summed E-state index contributed by atoms with van der Waals surface area (Å²) in [4.78, 5) is 11.6. The van der Waals surface area contributed by atoms with Crippen LogP contribution in [0.3, 0.4) is 0 Å². The Labute approximate surface area is 113 Å². The molecule has 19 heavy (non-hydrogen) atoms. The van der Waals surface area contributed by atoms with E-state index in [-0.39, 0.29) is 12.4 Å². The molecule has 1 aromatic carbocycles. The maximum absolute atomic E-state index is 11.6. The molecule has 0 aromatic heterocycles. The van der Waals surface area contributed by atoms with Gasteiger partial charge in [0, 0.05) is 6.61 Å². The molecule has 1 aromatic rings. The van der Waals surface area contributed by atoms with Gasteiger partial charge < -0.3 is 20.3 Å². The highest BCUT2D eigenvalue weighted by Gasteiger charge is 2.15. The van der Waals surface area contributed by atoms with Gasteiger partial charge in [-0.25, -0.2) is 0 Å². The number of phenols is 1. The molecule has 106 valence electrons. The van der Waals surface area contributed by atoms with E-state index in [2.05, 4.69) is 0 Å². The molecule has 5 heteroatoms. The monoisotopic (exact) mass is 267 g/mol. The number of esters is 1. The zero-order chi connectivity index (χ0) is 14.1. The highest BCUT2D eigenvalue weighted by molar-refractivity contribution is 5.75. The lowest BCUT2D eigenvalue weighted by molar-refractivity contribution is -0.146. The van der Waals surface area contributed by atoms with Gasteiger partial charge in [-0.05, 0) is 30.5 Å². The molecule has 0 radical (unpaired) electrons. The van der Waals surface area contributed by atoms with Gasteiger partial charge in [0.25, 0.3) is 0 Å². The molecule has 1 rings (SSSR count). The fourth-order valence-electron chi connectivity index (χ4n) is 1.52. The van der Waals surface area contributed by atoms with Gasteiger partial charge in [0.15, 0.2) is 0 Å². The average Bonchev–Trinajstić information content (AvgIpc) is 2.41. The van der Waals surface area contributed by atoms with Crippen molar-refractivity contribution in [2.45, 2.75) is 25.8 Å². The van der Waals surface area contributed by atoms with E-state index in [1.165, 1.54) is 0 Å². The molecule has 0 amide bonds. The van der Waals surface area contributed by atoms with Gasteiger partial charge in [-0.3, -0.25) is 4.79 Å². The lowest BCUT2D eigenvalue weighted by Crippen LogP contribution is -2.35. The Balaban J connectivity index is 2.26. The Kier molecular flexibility index (Phi) is 6.92. The first-order valence-corrected chi connectivity index (χ1v) is 6.41. The van der Waals surface area contributed by atoms with Crippen molar-refractivity contribution in [3.63, 3.8) is 0 Å². The standard InChI is InChI=1S/C14H21NO4/c1-2-7-18-8-9-19-14(17)13(15)10-11-3-5-12(16)6-4-11/h3-6,13,16H,2,7-10,15H2,1H3. The maximum atomic E-state index is 11.6. The van der Waals surface area contributed by atoms with E-state index < -0.39 is 12.0 Å². The third-order valence-electron chi connectivity index (χ3n) is 2.52. The molecule has 0 aliphatic rings. The van der Waals surface area contributed by atoms with E-state index in [4.69, 9.17) is 20.3 Å². The largest absolute Gasteiger partial charge is 0.508 e. The van der Waals surface area contributed by atoms with Crippen LogP contribution in [-0.4, -0.2) is 36.9 Å². The van der Waals surface area contributed by atoms with Gasteiger partial charge in [-0.15, -0.1) is 0 Å². The fraction of sp³-hybridized carbons (Fsp3) is 0.500. The summed E-state index contributed by atoms with van der Waals surface area (Å²) in [5.74, 6) is -0.249. The second kappa shape index (κ2) is 8.50. The molecule has 0 saturated carbocycles. The molecular formula is C14H21NO4. The van der Waals surface area contributed by atoms with Crippen molar-refractivity contribution in [1.82, 2.24) is 0 Å². The molecule has 0 aliphatic carbocycles. The second-order valence-corrected chi connectivity index (χ2v) is 4.26. The number of nitrogens with two attached hydrogens (primary N) is 1. The molecular weight excluding hydrogens is 246 g/mol.